The lowest BCUT2D eigenvalue weighted by Gasteiger charge is -2.43. The van der Waals surface area contributed by atoms with Gasteiger partial charge in [-0.2, -0.15) is 0 Å². The van der Waals surface area contributed by atoms with E-state index in [1.54, 1.807) is 0 Å². The number of nitrogens with zero attached hydrogens (tertiary/aromatic N) is 1. The van der Waals surface area contributed by atoms with Crippen LogP contribution >= 0.6 is 0 Å². The van der Waals surface area contributed by atoms with Crippen LogP contribution in [0.25, 0.3) is 0 Å². The zero-order chi connectivity index (χ0) is 8.60. The fourth-order valence-corrected chi connectivity index (χ4v) is 3.60. The minimum atomic E-state index is 0.979. The molecule has 0 aliphatic carbocycles. The highest BCUT2D eigenvalue weighted by molar-refractivity contribution is 4.69. The molecular weight excluding hydrogens is 146 g/mol. The molecule has 2 saturated heterocycles. The van der Waals surface area contributed by atoms with Crippen LogP contribution in [0, 0.1) is 11.8 Å². The van der Waals surface area contributed by atoms with E-state index in [-0.39, 0.29) is 0 Å². The third kappa shape index (κ3) is 1.52. The van der Waals surface area contributed by atoms with Gasteiger partial charge in [0.05, 0.1) is 26.2 Å². The predicted octanol–water partition coefficient (Wildman–Crippen LogP) is 2.27. The van der Waals surface area contributed by atoms with Gasteiger partial charge in [-0.25, -0.2) is 0 Å². The van der Waals surface area contributed by atoms with Crippen molar-refractivity contribution in [2.24, 2.45) is 11.8 Å². The van der Waals surface area contributed by atoms with Crippen LogP contribution in [0.2, 0.25) is 0 Å². The molecule has 0 amide bonds. The Morgan fingerprint density at radius 3 is 1.92 bits per heavy atom. The summed E-state index contributed by atoms with van der Waals surface area (Å²) in [6, 6.07) is 0. The fourth-order valence-electron chi connectivity index (χ4n) is 3.60. The van der Waals surface area contributed by atoms with Crippen LogP contribution in [-0.4, -0.2) is 30.7 Å². The number of quaternary nitrogens is 1. The van der Waals surface area contributed by atoms with Gasteiger partial charge in [0.1, 0.15) is 0 Å². The molecule has 1 spiro atoms. The van der Waals surface area contributed by atoms with E-state index in [1.807, 2.05) is 0 Å². The van der Waals surface area contributed by atoms with Crippen LogP contribution in [0.4, 0.5) is 0 Å². The lowest BCUT2D eigenvalue weighted by atomic mass is 9.90. The highest BCUT2D eigenvalue weighted by Gasteiger charge is 2.38. The highest BCUT2D eigenvalue weighted by Crippen LogP contribution is 2.31. The van der Waals surface area contributed by atoms with Gasteiger partial charge in [0.25, 0.3) is 0 Å². The van der Waals surface area contributed by atoms with E-state index in [9.17, 15) is 0 Å². The molecule has 0 aromatic carbocycles. The third-order valence-electron chi connectivity index (χ3n) is 3.72. The number of rotatable bonds is 0. The maximum absolute atomic E-state index is 2.44. The monoisotopic (exact) mass is 168 g/mol. The SMILES string of the molecule is CC1CC(C)C[N+]2(CCCC2)C1. The second-order valence-electron chi connectivity index (χ2n) is 5.31. The molecule has 70 valence electrons. The van der Waals surface area contributed by atoms with E-state index in [1.165, 1.54) is 49.9 Å². The lowest BCUT2D eigenvalue weighted by Crippen LogP contribution is -2.54. The predicted molar refractivity (Wildman–Crippen MR) is 51.9 cm³/mol. The maximum Gasteiger partial charge on any atom is 0.0812 e. The van der Waals surface area contributed by atoms with Crippen molar-refractivity contribution in [3.8, 4) is 0 Å². The van der Waals surface area contributed by atoms with Gasteiger partial charge >= 0.3 is 0 Å². The molecule has 0 aromatic rings. The molecule has 0 saturated carbocycles. The average Bonchev–Trinajstić information content (AvgIpc) is 2.33. The summed E-state index contributed by atoms with van der Waals surface area (Å²) in [7, 11) is 0. The first-order valence-corrected chi connectivity index (χ1v) is 5.55. The Balaban J connectivity index is 2.04. The number of hydrogen-bond acceptors (Lipinski definition) is 0. The summed E-state index contributed by atoms with van der Waals surface area (Å²) in [6.07, 6.45) is 4.44. The smallest absolute Gasteiger partial charge is 0.0812 e. The van der Waals surface area contributed by atoms with Crippen LogP contribution in [0.15, 0.2) is 0 Å². The average molecular weight is 168 g/mol. The van der Waals surface area contributed by atoms with Gasteiger partial charge in [0, 0.05) is 24.7 Å². The molecule has 0 radical (unpaired) electrons. The van der Waals surface area contributed by atoms with E-state index in [0.29, 0.717) is 0 Å². The van der Waals surface area contributed by atoms with Crippen molar-refractivity contribution in [3.63, 3.8) is 0 Å². The minimum absolute atomic E-state index is 0.979. The lowest BCUT2D eigenvalue weighted by molar-refractivity contribution is -0.927. The van der Waals surface area contributed by atoms with Gasteiger partial charge < -0.3 is 4.48 Å². The Morgan fingerprint density at radius 2 is 1.42 bits per heavy atom. The second-order valence-corrected chi connectivity index (χ2v) is 5.31. The van der Waals surface area contributed by atoms with E-state index in [2.05, 4.69) is 13.8 Å². The summed E-state index contributed by atoms with van der Waals surface area (Å²) in [4.78, 5) is 0. The molecule has 1 nitrogen and oxygen atoms in total. The fraction of sp³-hybridized carbons (Fsp3) is 1.00. The van der Waals surface area contributed by atoms with E-state index < -0.39 is 0 Å². The van der Waals surface area contributed by atoms with Crippen molar-refractivity contribution in [1.82, 2.24) is 0 Å². The maximum atomic E-state index is 2.44. The van der Waals surface area contributed by atoms with E-state index >= 15 is 0 Å². The zero-order valence-electron chi connectivity index (χ0n) is 8.55. The Bertz CT molecular complexity index is 146. The molecule has 0 bridgehead atoms. The van der Waals surface area contributed by atoms with Crippen molar-refractivity contribution in [2.45, 2.75) is 33.1 Å². The first kappa shape index (κ1) is 8.55. The Morgan fingerprint density at radius 1 is 0.917 bits per heavy atom. The molecule has 0 aromatic heterocycles. The van der Waals surface area contributed by atoms with Crippen LogP contribution in [-0.2, 0) is 0 Å². The summed E-state index contributed by atoms with van der Waals surface area (Å²) in [5.41, 5.74) is 0. The van der Waals surface area contributed by atoms with Gasteiger partial charge in [-0.05, 0) is 6.42 Å². The summed E-state index contributed by atoms with van der Waals surface area (Å²) >= 11 is 0. The molecule has 1 heteroatoms. The molecule has 0 N–H and O–H groups in total. The molecule has 12 heavy (non-hydrogen) atoms. The number of piperidine rings is 1. The Hall–Kier alpha value is -0.0400. The first-order valence-electron chi connectivity index (χ1n) is 5.55. The Labute approximate surface area is 76.3 Å². The van der Waals surface area contributed by atoms with Gasteiger partial charge in [-0.3, -0.25) is 0 Å². The van der Waals surface area contributed by atoms with Crippen molar-refractivity contribution >= 4 is 0 Å². The van der Waals surface area contributed by atoms with Crippen molar-refractivity contribution in [1.29, 1.82) is 0 Å². The van der Waals surface area contributed by atoms with Gasteiger partial charge in [0.2, 0.25) is 0 Å². The molecule has 2 rings (SSSR count). The first-order chi connectivity index (χ1) is 5.70. The van der Waals surface area contributed by atoms with Crippen LogP contribution in [0.5, 0.6) is 0 Å². The molecule has 2 unspecified atom stereocenters. The van der Waals surface area contributed by atoms with Gasteiger partial charge in [-0.1, -0.05) is 13.8 Å². The molecule has 2 atom stereocenters. The normalized spacial score (nSPS) is 40.5. The third-order valence-corrected chi connectivity index (χ3v) is 3.72. The van der Waals surface area contributed by atoms with Crippen LogP contribution in [0.1, 0.15) is 33.1 Å². The summed E-state index contributed by atoms with van der Waals surface area (Å²) in [5.74, 6) is 1.96. The largest absolute Gasteiger partial charge is 0.323 e. The van der Waals surface area contributed by atoms with Crippen molar-refractivity contribution in [2.75, 3.05) is 26.2 Å². The molecule has 2 heterocycles. The molecular formula is C11H22N+. The Kier molecular flexibility index (Phi) is 2.16. The highest BCUT2D eigenvalue weighted by atomic mass is 15.4. The molecule has 2 aliphatic heterocycles. The van der Waals surface area contributed by atoms with Crippen LogP contribution < -0.4 is 0 Å². The second kappa shape index (κ2) is 3.02. The topological polar surface area (TPSA) is 0 Å². The summed E-state index contributed by atoms with van der Waals surface area (Å²) in [5, 5.41) is 0. The van der Waals surface area contributed by atoms with Crippen molar-refractivity contribution in [3.05, 3.63) is 0 Å². The van der Waals surface area contributed by atoms with Crippen molar-refractivity contribution < 1.29 is 4.48 Å². The summed E-state index contributed by atoms with van der Waals surface area (Å²) < 4.78 is 1.47. The minimum Gasteiger partial charge on any atom is -0.323 e. The molecule has 2 aliphatic rings. The van der Waals surface area contributed by atoms with E-state index in [0.717, 1.165) is 11.8 Å². The van der Waals surface area contributed by atoms with E-state index in [4.69, 9.17) is 0 Å². The quantitative estimate of drug-likeness (QED) is 0.487. The van der Waals surface area contributed by atoms with Gasteiger partial charge in [-0.15, -0.1) is 0 Å². The molecule has 2 fully saturated rings. The standard InChI is InChI=1S/C11H22N/c1-10-7-11(2)9-12(8-10)5-3-4-6-12/h10-11H,3-9H2,1-2H3/q+1. The zero-order valence-corrected chi connectivity index (χ0v) is 8.55. The summed E-state index contributed by atoms with van der Waals surface area (Å²) in [6.45, 7) is 10.8. The number of hydrogen-bond donors (Lipinski definition) is 0. The van der Waals surface area contributed by atoms with Crippen LogP contribution in [0.3, 0.4) is 0 Å². The van der Waals surface area contributed by atoms with Gasteiger partial charge in [0.15, 0.2) is 0 Å².